The lowest BCUT2D eigenvalue weighted by molar-refractivity contribution is -0.128. The van der Waals surface area contributed by atoms with E-state index in [2.05, 4.69) is 0 Å². The first kappa shape index (κ1) is 15.2. The van der Waals surface area contributed by atoms with Crippen LogP contribution in [-0.4, -0.2) is 43.1 Å². The molecule has 1 heterocycles. The minimum absolute atomic E-state index is 0.0227. The molecule has 0 atom stereocenters. The van der Waals surface area contributed by atoms with Crippen LogP contribution in [0.1, 0.15) is 35.7 Å². The lowest BCUT2D eigenvalue weighted by atomic mass is 10.1. The topological polar surface area (TPSA) is 57.7 Å². The average molecular weight is 288 g/mol. The van der Waals surface area contributed by atoms with Gasteiger partial charge in [-0.05, 0) is 30.5 Å². The molecule has 0 radical (unpaired) electrons. The van der Waals surface area contributed by atoms with Gasteiger partial charge >= 0.3 is 0 Å². The molecule has 0 fully saturated rings. The van der Waals surface area contributed by atoms with Crippen LogP contribution in [0.5, 0.6) is 0 Å². The number of rotatable bonds is 5. The van der Waals surface area contributed by atoms with Crippen molar-refractivity contribution in [3.05, 3.63) is 29.3 Å². The summed E-state index contributed by atoms with van der Waals surface area (Å²) in [6.45, 7) is 2.40. The summed E-state index contributed by atoms with van der Waals surface area (Å²) >= 11 is 0. The summed E-state index contributed by atoms with van der Waals surface area (Å²) in [4.78, 5) is 38.6. The Morgan fingerprint density at radius 1 is 1.24 bits per heavy atom. The monoisotopic (exact) mass is 288 g/mol. The number of nitrogens with zero attached hydrogens (tertiary/aromatic N) is 2. The van der Waals surface area contributed by atoms with Crippen LogP contribution in [0.2, 0.25) is 0 Å². The third-order valence-corrected chi connectivity index (χ3v) is 3.72. The number of fused-ring (bicyclic) bond motifs is 1. The fourth-order valence-corrected chi connectivity index (χ4v) is 2.40. The second-order valence-electron chi connectivity index (χ2n) is 5.38. The highest BCUT2D eigenvalue weighted by molar-refractivity contribution is 6.52. The normalized spacial score (nSPS) is 13.6. The SMILES string of the molecule is CCc1ccc2c(c1)C(=O)C(=O)N2CCCC(=O)N(C)C. The van der Waals surface area contributed by atoms with Gasteiger partial charge in [-0.1, -0.05) is 13.0 Å². The standard InChI is InChI=1S/C16H20N2O3/c1-4-11-7-8-13-12(10-11)15(20)16(21)18(13)9-5-6-14(19)17(2)3/h7-8,10H,4-6,9H2,1-3H3. The van der Waals surface area contributed by atoms with Crippen molar-refractivity contribution >= 4 is 23.3 Å². The van der Waals surface area contributed by atoms with Crippen LogP contribution in [0, 0.1) is 0 Å². The van der Waals surface area contributed by atoms with Crippen LogP contribution in [0.25, 0.3) is 0 Å². The number of benzene rings is 1. The Morgan fingerprint density at radius 3 is 2.57 bits per heavy atom. The highest BCUT2D eigenvalue weighted by Gasteiger charge is 2.35. The summed E-state index contributed by atoms with van der Waals surface area (Å²) in [6, 6.07) is 5.55. The maximum atomic E-state index is 12.1. The molecule has 0 N–H and O–H groups in total. The molecule has 0 unspecified atom stereocenters. The Hall–Kier alpha value is -2.17. The lowest BCUT2D eigenvalue weighted by Crippen LogP contribution is -2.31. The molecule has 1 aliphatic heterocycles. The maximum Gasteiger partial charge on any atom is 0.299 e. The van der Waals surface area contributed by atoms with Crippen molar-refractivity contribution in [2.45, 2.75) is 26.2 Å². The Labute approximate surface area is 124 Å². The second-order valence-corrected chi connectivity index (χ2v) is 5.38. The second kappa shape index (κ2) is 6.08. The van der Waals surface area contributed by atoms with Crippen molar-refractivity contribution in [1.29, 1.82) is 0 Å². The fourth-order valence-electron chi connectivity index (χ4n) is 2.40. The largest absolute Gasteiger partial charge is 0.349 e. The van der Waals surface area contributed by atoms with E-state index < -0.39 is 11.7 Å². The molecule has 0 spiro atoms. The molecule has 21 heavy (non-hydrogen) atoms. The van der Waals surface area contributed by atoms with Gasteiger partial charge in [0, 0.05) is 27.1 Å². The van der Waals surface area contributed by atoms with Crippen LogP contribution >= 0.6 is 0 Å². The molecule has 2 rings (SSSR count). The molecule has 0 saturated carbocycles. The van der Waals surface area contributed by atoms with Crippen LogP contribution in [0.15, 0.2) is 18.2 Å². The number of carbonyl (C=O) groups is 3. The number of ketones is 1. The van der Waals surface area contributed by atoms with Gasteiger partial charge in [0.15, 0.2) is 0 Å². The lowest BCUT2D eigenvalue weighted by Gasteiger charge is -2.17. The van der Waals surface area contributed by atoms with Gasteiger partial charge in [0.1, 0.15) is 0 Å². The number of Topliss-reactive ketones (excluding diaryl/α,β-unsaturated/α-hetero) is 1. The van der Waals surface area contributed by atoms with Crippen LogP contribution < -0.4 is 4.90 Å². The maximum absolute atomic E-state index is 12.1. The number of amides is 2. The van der Waals surface area contributed by atoms with Crippen molar-refractivity contribution in [3.63, 3.8) is 0 Å². The predicted octanol–water partition coefficient (Wildman–Crippen LogP) is 1.65. The van der Waals surface area contributed by atoms with E-state index in [4.69, 9.17) is 0 Å². The number of aryl methyl sites for hydroxylation is 1. The van der Waals surface area contributed by atoms with Crippen LogP contribution in [0.4, 0.5) is 5.69 Å². The zero-order valence-electron chi connectivity index (χ0n) is 12.7. The molecular weight excluding hydrogens is 268 g/mol. The van der Waals surface area contributed by atoms with Gasteiger partial charge in [-0.3, -0.25) is 14.4 Å². The van der Waals surface area contributed by atoms with Crippen LogP contribution in [-0.2, 0) is 16.0 Å². The first-order chi connectivity index (χ1) is 9.95. The summed E-state index contributed by atoms with van der Waals surface area (Å²) in [7, 11) is 3.41. The smallest absolute Gasteiger partial charge is 0.299 e. The minimum atomic E-state index is -0.490. The molecular formula is C16H20N2O3. The minimum Gasteiger partial charge on any atom is -0.349 e. The molecule has 1 aliphatic rings. The number of hydrogen-bond acceptors (Lipinski definition) is 3. The van der Waals surface area contributed by atoms with E-state index in [1.165, 1.54) is 9.80 Å². The van der Waals surface area contributed by atoms with E-state index in [1.807, 2.05) is 19.1 Å². The summed E-state index contributed by atoms with van der Waals surface area (Å²) in [6.07, 6.45) is 1.74. The van der Waals surface area contributed by atoms with E-state index in [0.29, 0.717) is 30.6 Å². The van der Waals surface area contributed by atoms with E-state index in [0.717, 1.165) is 12.0 Å². The number of anilines is 1. The van der Waals surface area contributed by atoms with Gasteiger partial charge in [-0.15, -0.1) is 0 Å². The van der Waals surface area contributed by atoms with E-state index in [-0.39, 0.29) is 5.91 Å². The first-order valence-corrected chi connectivity index (χ1v) is 7.15. The van der Waals surface area contributed by atoms with Crippen molar-refractivity contribution < 1.29 is 14.4 Å². The van der Waals surface area contributed by atoms with Crippen molar-refractivity contribution in [2.75, 3.05) is 25.5 Å². The zero-order chi connectivity index (χ0) is 15.6. The van der Waals surface area contributed by atoms with Crippen LogP contribution in [0.3, 0.4) is 0 Å². The quantitative estimate of drug-likeness (QED) is 0.774. The molecule has 5 nitrogen and oxygen atoms in total. The molecule has 2 amide bonds. The number of carbonyl (C=O) groups excluding carboxylic acids is 3. The molecule has 0 saturated heterocycles. The summed E-state index contributed by atoms with van der Waals surface area (Å²) in [5.41, 5.74) is 2.19. The third-order valence-electron chi connectivity index (χ3n) is 3.72. The Balaban J connectivity index is 2.10. The van der Waals surface area contributed by atoms with Gasteiger partial charge in [-0.25, -0.2) is 0 Å². The first-order valence-electron chi connectivity index (χ1n) is 7.15. The van der Waals surface area contributed by atoms with Crippen molar-refractivity contribution in [3.8, 4) is 0 Å². The Kier molecular flexibility index (Phi) is 4.40. The van der Waals surface area contributed by atoms with Gasteiger partial charge in [0.2, 0.25) is 5.91 Å². The molecule has 5 heteroatoms. The van der Waals surface area contributed by atoms with Gasteiger partial charge in [0.05, 0.1) is 11.3 Å². The summed E-state index contributed by atoms with van der Waals surface area (Å²) in [5, 5.41) is 0. The number of hydrogen-bond donors (Lipinski definition) is 0. The van der Waals surface area contributed by atoms with E-state index in [1.54, 1.807) is 20.2 Å². The van der Waals surface area contributed by atoms with E-state index in [9.17, 15) is 14.4 Å². The summed E-state index contributed by atoms with van der Waals surface area (Å²) < 4.78 is 0. The third kappa shape index (κ3) is 2.96. The summed E-state index contributed by atoms with van der Waals surface area (Å²) in [5.74, 6) is -0.913. The van der Waals surface area contributed by atoms with Gasteiger partial charge in [0.25, 0.3) is 11.7 Å². The fraction of sp³-hybridized carbons (Fsp3) is 0.438. The predicted molar refractivity (Wildman–Crippen MR) is 80.4 cm³/mol. The van der Waals surface area contributed by atoms with Crippen molar-refractivity contribution in [2.24, 2.45) is 0 Å². The molecule has 0 bridgehead atoms. The molecule has 0 aromatic heterocycles. The molecule has 1 aromatic rings. The van der Waals surface area contributed by atoms with E-state index >= 15 is 0 Å². The highest BCUT2D eigenvalue weighted by atomic mass is 16.2. The zero-order valence-corrected chi connectivity index (χ0v) is 12.7. The molecule has 1 aromatic carbocycles. The average Bonchev–Trinajstić information content (AvgIpc) is 2.71. The van der Waals surface area contributed by atoms with Gasteiger partial charge in [-0.2, -0.15) is 0 Å². The van der Waals surface area contributed by atoms with Crippen molar-refractivity contribution in [1.82, 2.24) is 4.90 Å². The highest BCUT2D eigenvalue weighted by Crippen LogP contribution is 2.30. The van der Waals surface area contributed by atoms with Gasteiger partial charge < -0.3 is 9.80 Å². The molecule has 0 aliphatic carbocycles. The Bertz CT molecular complexity index is 593. The Morgan fingerprint density at radius 2 is 1.95 bits per heavy atom. The molecule has 112 valence electrons.